The SMILES string of the molecule is c1ccc([Si](c2ccccc2)(c2ccccc2)c2cccc(-n3c4ccccc4c4cc(-n5c6ccc(-n7c8ccccc8c8ccccc87)cc6c6cccc(-c7cccc8c7sc7ccccc78)c65)ccc43)c2)cc1. The summed E-state index contributed by atoms with van der Waals surface area (Å²) >= 11 is 1.89. The molecule has 0 spiro atoms. The first-order chi connectivity index (χ1) is 38.2. The van der Waals surface area contributed by atoms with E-state index in [0.29, 0.717) is 0 Å². The number of thiophene rings is 1. The molecule has 16 rings (SSSR count). The Morgan fingerprint density at radius 2 is 0.649 bits per heavy atom. The van der Waals surface area contributed by atoms with Crippen LogP contribution in [0.2, 0.25) is 0 Å². The van der Waals surface area contributed by atoms with Crippen molar-refractivity contribution in [3.63, 3.8) is 0 Å². The van der Waals surface area contributed by atoms with Crippen LogP contribution in [-0.4, -0.2) is 21.8 Å². The van der Waals surface area contributed by atoms with E-state index in [2.05, 4.69) is 299 Å². The number of rotatable bonds is 8. The van der Waals surface area contributed by atoms with Crippen LogP contribution in [0.4, 0.5) is 0 Å². The molecule has 0 aliphatic carbocycles. The van der Waals surface area contributed by atoms with Crippen molar-refractivity contribution in [2.24, 2.45) is 0 Å². The lowest BCUT2D eigenvalue weighted by Gasteiger charge is -2.34. The maximum atomic E-state index is 2.55. The third kappa shape index (κ3) is 6.48. The molecule has 0 radical (unpaired) electrons. The van der Waals surface area contributed by atoms with Crippen LogP contribution >= 0.6 is 11.3 Å². The molecular formula is C72H47N3SSi. The summed E-state index contributed by atoms with van der Waals surface area (Å²) < 4.78 is 10.1. The molecule has 0 saturated heterocycles. The van der Waals surface area contributed by atoms with E-state index in [9.17, 15) is 0 Å². The number of nitrogens with zero attached hydrogens (tertiary/aromatic N) is 3. The van der Waals surface area contributed by atoms with Gasteiger partial charge in [0.2, 0.25) is 0 Å². The molecule has 0 saturated carbocycles. The van der Waals surface area contributed by atoms with Gasteiger partial charge in [0.15, 0.2) is 8.07 Å². The summed E-state index contributed by atoms with van der Waals surface area (Å²) in [7, 11) is -2.80. The highest BCUT2D eigenvalue weighted by Crippen LogP contribution is 2.46. The molecule has 0 N–H and O–H groups in total. The van der Waals surface area contributed by atoms with Crippen molar-refractivity contribution in [3.8, 4) is 28.2 Å². The van der Waals surface area contributed by atoms with E-state index >= 15 is 0 Å². The molecule has 0 bridgehead atoms. The first-order valence-electron chi connectivity index (χ1n) is 26.5. The first-order valence-corrected chi connectivity index (χ1v) is 29.3. The molecule has 360 valence electrons. The molecule has 0 aliphatic heterocycles. The fourth-order valence-corrected chi connectivity index (χ4v) is 19.2. The Balaban J connectivity index is 0.948. The van der Waals surface area contributed by atoms with Gasteiger partial charge in [-0.3, -0.25) is 0 Å². The smallest absolute Gasteiger partial charge is 0.179 e. The molecule has 77 heavy (non-hydrogen) atoms. The average molecular weight is 1010 g/mol. The molecule has 0 amide bonds. The van der Waals surface area contributed by atoms with Gasteiger partial charge in [-0.25, -0.2) is 0 Å². The lowest BCUT2D eigenvalue weighted by atomic mass is 9.99. The van der Waals surface area contributed by atoms with Crippen LogP contribution in [0.1, 0.15) is 0 Å². The minimum absolute atomic E-state index is 1.12. The van der Waals surface area contributed by atoms with E-state index in [1.165, 1.54) is 117 Å². The van der Waals surface area contributed by atoms with Crippen LogP contribution in [-0.2, 0) is 0 Å². The van der Waals surface area contributed by atoms with Gasteiger partial charge >= 0.3 is 0 Å². The van der Waals surface area contributed by atoms with E-state index < -0.39 is 8.07 Å². The fraction of sp³-hybridized carbons (Fsp3) is 0. The number of fused-ring (bicyclic) bond motifs is 12. The van der Waals surface area contributed by atoms with Gasteiger partial charge in [-0.2, -0.15) is 0 Å². The van der Waals surface area contributed by atoms with Gasteiger partial charge in [0.05, 0.1) is 33.1 Å². The van der Waals surface area contributed by atoms with Gasteiger partial charge in [0, 0.05) is 80.7 Å². The third-order valence-electron chi connectivity index (χ3n) is 16.4. The molecule has 4 heterocycles. The lowest BCUT2D eigenvalue weighted by molar-refractivity contribution is 1.16. The van der Waals surface area contributed by atoms with E-state index in [-0.39, 0.29) is 0 Å². The molecule has 12 aromatic carbocycles. The van der Waals surface area contributed by atoms with Crippen LogP contribution < -0.4 is 20.7 Å². The van der Waals surface area contributed by atoms with Crippen LogP contribution in [0.5, 0.6) is 0 Å². The lowest BCUT2D eigenvalue weighted by Crippen LogP contribution is -2.74. The van der Waals surface area contributed by atoms with Gasteiger partial charge < -0.3 is 13.7 Å². The quantitative estimate of drug-likeness (QED) is 0.106. The second kappa shape index (κ2) is 17.3. The van der Waals surface area contributed by atoms with Gasteiger partial charge in [-0.15, -0.1) is 11.3 Å². The minimum atomic E-state index is -2.80. The number of aromatic nitrogens is 3. The highest BCUT2D eigenvalue weighted by atomic mass is 32.1. The maximum absolute atomic E-state index is 2.80. The Kier molecular flexibility index (Phi) is 9.83. The van der Waals surface area contributed by atoms with Crippen LogP contribution in [0.25, 0.3) is 114 Å². The van der Waals surface area contributed by atoms with Crippen molar-refractivity contribution in [2.45, 2.75) is 0 Å². The van der Waals surface area contributed by atoms with E-state index in [0.717, 1.165) is 17.1 Å². The Hall–Kier alpha value is -9.52. The predicted octanol–water partition coefficient (Wildman–Crippen LogP) is 16.4. The van der Waals surface area contributed by atoms with Gasteiger partial charge in [0.1, 0.15) is 0 Å². The predicted molar refractivity (Wildman–Crippen MR) is 331 cm³/mol. The summed E-state index contributed by atoms with van der Waals surface area (Å²) in [4.78, 5) is 0. The van der Waals surface area contributed by atoms with Crippen molar-refractivity contribution in [1.29, 1.82) is 0 Å². The average Bonchev–Trinajstić information content (AvgIpc) is 4.43. The van der Waals surface area contributed by atoms with E-state index in [4.69, 9.17) is 0 Å². The molecule has 0 aliphatic rings. The minimum Gasteiger partial charge on any atom is -0.309 e. The first kappa shape index (κ1) is 43.8. The van der Waals surface area contributed by atoms with Gasteiger partial charge in [-0.1, -0.05) is 212 Å². The van der Waals surface area contributed by atoms with Crippen molar-refractivity contribution in [1.82, 2.24) is 13.7 Å². The normalized spacial score (nSPS) is 12.2. The summed E-state index contributed by atoms with van der Waals surface area (Å²) in [5.74, 6) is 0. The maximum Gasteiger partial charge on any atom is 0.179 e. The second-order valence-corrected chi connectivity index (χ2v) is 25.2. The number of hydrogen-bond acceptors (Lipinski definition) is 1. The summed E-state index contributed by atoms with van der Waals surface area (Å²) in [6.45, 7) is 0. The van der Waals surface area contributed by atoms with Crippen molar-refractivity contribution >= 4 is 126 Å². The standard InChI is InChI=1S/C72H47N3SSi/c1-4-22-51(23-5-1)77(52-24-6-2-7-25-52,53-26-8-3-9-27-53)54-28-18-21-48(45-54)73-67-39-16-12-31-57(67)63-47-50(42-43-68(63)73)75-69-44-41-49(74-65-37-14-10-29-55(65)56-30-11-15-38-66(56)74)46-64(69)60-34-19-33-59(71(60)75)62-36-20-35-61-58-32-13-17-40-70(58)76-72(61)62/h1-47H. The zero-order chi connectivity index (χ0) is 50.6. The Bertz CT molecular complexity index is 4840. The summed E-state index contributed by atoms with van der Waals surface area (Å²) in [6, 6.07) is 107. The van der Waals surface area contributed by atoms with Crippen LogP contribution in [0.3, 0.4) is 0 Å². The highest BCUT2D eigenvalue weighted by molar-refractivity contribution is 7.26. The van der Waals surface area contributed by atoms with Crippen molar-refractivity contribution in [3.05, 3.63) is 285 Å². The van der Waals surface area contributed by atoms with E-state index in [1.807, 2.05) is 11.3 Å². The highest BCUT2D eigenvalue weighted by Gasteiger charge is 2.41. The summed E-state index contributed by atoms with van der Waals surface area (Å²) in [5.41, 5.74) is 13.0. The number of para-hydroxylation sites is 4. The van der Waals surface area contributed by atoms with Crippen LogP contribution in [0.15, 0.2) is 285 Å². The molecule has 0 atom stereocenters. The van der Waals surface area contributed by atoms with Gasteiger partial charge in [0.25, 0.3) is 0 Å². The summed E-state index contributed by atoms with van der Waals surface area (Å²) in [6.07, 6.45) is 0. The largest absolute Gasteiger partial charge is 0.309 e. The number of hydrogen-bond donors (Lipinski definition) is 0. The Morgan fingerprint density at radius 3 is 1.25 bits per heavy atom. The number of benzene rings is 12. The fourth-order valence-electron chi connectivity index (χ4n) is 13.2. The molecule has 16 aromatic rings. The zero-order valence-corrected chi connectivity index (χ0v) is 43.7. The van der Waals surface area contributed by atoms with Gasteiger partial charge in [-0.05, 0) is 93.5 Å². The van der Waals surface area contributed by atoms with E-state index in [1.54, 1.807) is 0 Å². The molecule has 0 unspecified atom stereocenters. The molecule has 4 aromatic heterocycles. The summed E-state index contributed by atoms with van der Waals surface area (Å²) in [5, 5.41) is 15.4. The molecule has 5 heteroatoms. The second-order valence-electron chi connectivity index (χ2n) is 20.3. The zero-order valence-electron chi connectivity index (χ0n) is 41.9. The topological polar surface area (TPSA) is 14.8 Å². The molecular weight excluding hydrogens is 967 g/mol. The Morgan fingerprint density at radius 1 is 0.247 bits per heavy atom. The third-order valence-corrected chi connectivity index (χ3v) is 22.4. The van der Waals surface area contributed by atoms with Crippen LogP contribution in [0, 0.1) is 0 Å². The van der Waals surface area contributed by atoms with Crippen molar-refractivity contribution in [2.75, 3.05) is 0 Å². The Labute approximate surface area is 450 Å². The molecule has 3 nitrogen and oxygen atoms in total. The molecule has 0 fully saturated rings. The van der Waals surface area contributed by atoms with Crippen molar-refractivity contribution < 1.29 is 0 Å². The monoisotopic (exact) mass is 1010 g/mol.